The third kappa shape index (κ3) is 4.33. The van der Waals surface area contributed by atoms with Crippen molar-refractivity contribution in [3.63, 3.8) is 0 Å². The standard InChI is InChI=1S/C21H29NO5/c1-7-13(2)18(23)14(3)19(24)22-17(21(4,5)27-20(22)25)12-15-8-10-16(26-6)11-9-15/h8-11,14,17-18,23H,2,7,12H2,1,3-6H3/t14-,17-,18+/m0/s1. The number of aliphatic hydroxyl groups excluding tert-OH is 1. The van der Waals surface area contributed by atoms with Crippen LogP contribution in [-0.2, 0) is 16.0 Å². The van der Waals surface area contributed by atoms with Crippen LogP contribution < -0.4 is 4.74 Å². The first-order valence-corrected chi connectivity index (χ1v) is 9.17. The van der Waals surface area contributed by atoms with E-state index in [2.05, 4.69) is 6.58 Å². The van der Waals surface area contributed by atoms with Gasteiger partial charge < -0.3 is 14.6 Å². The van der Waals surface area contributed by atoms with Gasteiger partial charge in [0.05, 0.1) is 25.2 Å². The molecule has 27 heavy (non-hydrogen) atoms. The maximum Gasteiger partial charge on any atom is 0.417 e. The van der Waals surface area contributed by atoms with Gasteiger partial charge in [0.2, 0.25) is 5.91 Å². The summed E-state index contributed by atoms with van der Waals surface area (Å²) in [6, 6.07) is 7.00. The van der Waals surface area contributed by atoms with E-state index in [-0.39, 0.29) is 0 Å². The van der Waals surface area contributed by atoms with Gasteiger partial charge in [0, 0.05) is 0 Å². The quantitative estimate of drug-likeness (QED) is 0.740. The Bertz CT molecular complexity index is 710. The smallest absolute Gasteiger partial charge is 0.417 e. The number of cyclic esters (lactones) is 1. The molecule has 2 rings (SSSR count). The number of methoxy groups -OCH3 is 1. The third-order valence-corrected chi connectivity index (χ3v) is 5.22. The van der Waals surface area contributed by atoms with Gasteiger partial charge in [0.1, 0.15) is 11.4 Å². The molecular weight excluding hydrogens is 346 g/mol. The van der Waals surface area contributed by atoms with Gasteiger partial charge in [0.15, 0.2) is 0 Å². The van der Waals surface area contributed by atoms with Gasteiger partial charge in [-0.1, -0.05) is 32.6 Å². The van der Waals surface area contributed by atoms with Crippen molar-refractivity contribution in [2.75, 3.05) is 7.11 Å². The molecule has 0 spiro atoms. The second-order valence-corrected chi connectivity index (χ2v) is 7.49. The minimum absolute atomic E-state index is 0.450. The first-order chi connectivity index (χ1) is 12.6. The largest absolute Gasteiger partial charge is 0.497 e. The van der Waals surface area contributed by atoms with Crippen molar-refractivity contribution in [1.29, 1.82) is 0 Å². The van der Waals surface area contributed by atoms with Crippen molar-refractivity contribution in [2.24, 2.45) is 5.92 Å². The van der Waals surface area contributed by atoms with E-state index < -0.39 is 35.7 Å². The van der Waals surface area contributed by atoms with Crippen molar-refractivity contribution in [2.45, 2.75) is 58.3 Å². The Morgan fingerprint density at radius 2 is 1.96 bits per heavy atom. The van der Waals surface area contributed by atoms with Gasteiger partial charge >= 0.3 is 6.09 Å². The number of ether oxygens (including phenoxy) is 2. The molecule has 1 aliphatic heterocycles. The predicted octanol–water partition coefficient (Wildman–Crippen LogP) is 3.33. The molecule has 1 saturated heterocycles. The molecule has 1 fully saturated rings. The first kappa shape index (κ1) is 21.0. The van der Waals surface area contributed by atoms with E-state index in [9.17, 15) is 14.7 Å². The lowest BCUT2D eigenvalue weighted by atomic mass is 9.90. The maximum absolute atomic E-state index is 13.0. The van der Waals surface area contributed by atoms with Crippen LogP contribution >= 0.6 is 0 Å². The molecule has 0 aliphatic carbocycles. The molecule has 1 aliphatic rings. The van der Waals surface area contributed by atoms with Crippen LogP contribution in [0, 0.1) is 5.92 Å². The fourth-order valence-electron chi connectivity index (χ4n) is 3.26. The van der Waals surface area contributed by atoms with Gasteiger partial charge in [-0.2, -0.15) is 0 Å². The molecule has 6 nitrogen and oxygen atoms in total. The Morgan fingerprint density at radius 3 is 2.48 bits per heavy atom. The Balaban J connectivity index is 2.27. The van der Waals surface area contributed by atoms with Crippen molar-refractivity contribution >= 4 is 12.0 Å². The zero-order chi connectivity index (χ0) is 20.4. The molecule has 0 unspecified atom stereocenters. The zero-order valence-electron chi connectivity index (χ0n) is 16.7. The summed E-state index contributed by atoms with van der Waals surface area (Å²) in [7, 11) is 1.60. The minimum atomic E-state index is -0.999. The van der Waals surface area contributed by atoms with Crippen LogP contribution in [-0.4, -0.2) is 46.9 Å². The number of hydrogen-bond acceptors (Lipinski definition) is 5. The summed E-state index contributed by atoms with van der Waals surface area (Å²) in [5, 5.41) is 10.4. The summed E-state index contributed by atoms with van der Waals surface area (Å²) in [6.45, 7) is 10.9. The van der Waals surface area contributed by atoms with Crippen molar-refractivity contribution < 1.29 is 24.2 Å². The highest BCUT2D eigenvalue weighted by Gasteiger charge is 2.51. The van der Waals surface area contributed by atoms with Crippen molar-refractivity contribution in [3.05, 3.63) is 42.0 Å². The fraction of sp³-hybridized carbons (Fsp3) is 0.524. The molecule has 0 radical (unpaired) electrons. The molecule has 0 aromatic heterocycles. The summed E-state index contributed by atoms with van der Waals surface area (Å²) in [5.41, 5.74) is 0.685. The number of rotatable bonds is 7. The maximum atomic E-state index is 13.0. The number of benzene rings is 1. The lowest BCUT2D eigenvalue weighted by molar-refractivity contribution is -0.136. The summed E-state index contributed by atoms with van der Waals surface area (Å²) < 4.78 is 10.6. The highest BCUT2D eigenvalue weighted by molar-refractivity contribution is 5.95. The Labute approximate surface area is 160 Å². The van der Waals surface area contributed by atoms with Crippen LogP contribution in [0.3, 0.4) is 0 Å². The molecule has 1 N–H and O–H groups in total. The highest BCUT2D eigenvalue weighted by Crippen LogP contribution is 2.34. The Hall–Kier alpha value is -2.34. The molecule has 2 amide bonds. The molecule has 0 bridgehead atoms. The lowest BCUT2D eigenvalue weighted by Crippen LogP contribution is -2.49. The first-order valence-electron chi connectivity index (χ1n) is 9.17. The predicted molar refractivity (Wildman–Crippen MR) is 102 cm³/mol. The summed E-state index contributed by atoms with van der Waals surface area (Å²) in [6.07, 6.45) is -0.666. The average molecular weight is 375 g/mol. The number of nitrogens with zero attached hydrogens (tertiary/aromatic N) is 1. The number of carbonyl (C=O) groups is 2. The van der Waals surface area contributed by atoms with E-state index in [4.69, 9.17) is 9.47 Å². The van der Waals surface area contributed by atoms with Gasteiger partial charge in [-0.25, -0.2) is 9.69 Å². The fourth-order valence-corrected chi connectivity index (χ4v) is 3.26. The Kier molecular flexibility index (Phi) is 6.31. The van der Waals surface area contributed by atoms with E-state index in [0.717, 1.165) is 16.2 Å². The van der Waals surface area contributed by atoms with E-state index in [1.165, 1.54) is 0 Å². The molecule has 6 heteroatoms. The molecule has 3 atom stereocenters. The van der Waals surface area contributed by atoms with Crippen molar-refractivity contribution in [3.8, 4) is 5.75 Å². The summed E-state index contributed by atoms with van der Waals surface area (Å²) >= 11 is 0. The summed E-state index contributed by atoms with van der Waals surface area (Å²) in [4.78, 5) is 26.6. The lowest BCUT2D eigenvalue weighted by Gasteiger charge is -2.30. The number of amides is 2. The molecule has 1 aromatic carbocycles. The molecule has 1 heterocycles. The third-order valence-electron chi connectivity index (χ3n) is 5.22. The van der Waals surface area contributed by atoms with E-state index >= 15 is 0 Å². The second-order valence-electron chi connectivity index (χ2n) is 7.49. The molecule has 1 aromatic rings. The van der Waals surface area contributed by atoms with Gasteiger partial charge in [-0.3, -0.25) is 4.79 Å². The van der Waals surface area contributed by atoms with Crippen LogP contribution in [0.15, 0.2) is 36.4 Å². The average Bonchev–Trinajstić information content (AvgIpc) is 2.87. The van der Waals surface area contributed by atoms with E-state index in [1.54, 1.807) is 27.9 Å². The van der Waals surface area contributed by atoms with Crippen LogP contribution in [0.5, 0.6) is 5.75 Å². The molecular formula is C21H29NO5. The van der Waals surface area contributed by atoms with E-state index in [1.807, 2.05) is 31.2 Å². The number of hydrogen-bond donors (Lipinski definition) is 1. The van der Waals surface area contributed by atoms with Crippen LogP contribution in [0.25, 0.3) is 0 Å². The second kappa shape index (κ2) is 8.13. The molecule has 0 saturated carbocycles. The summed E-state index contributed by atoms with van der Waals surface area (Å²) in [5.74, 6) is -0.497. The molecule has 148 valence electrons. The normalized spacial score (nSPS) is 20.7. The minimum Gasteiger partial charge on any atom is -0.497 e. The Morgan fingerprint density at radius 1 is 1.37 bits per heavy atom. The zero-order valence-corrected chi connectivity index (χ0v) is 16.7. The van der Waals surface area contributed by atoms with Gasteiger partial charge in [-0.15, -0.1) is 0 Å². The van der Waals surface area contributed by atoms with Gasteiger partial charge in [0.25, 0.3) is 0 Å². The number of imide groups is 1. The van der Waals surface area contributed by atoms with Crippen LogP contribution in [0.1, 0.15) is 39.7 Å². The van der Waals surface area contributed by atoms with Gasteiger partial charge in [-0.05, 0) is 50.0 Å². The van der Waals surface area contributed by atoms with Crippen molar-refractivity contribution in [1.82, 2.24) is 4.90 Å². The van der Waals surface area contributed by atoms with Crippen LogP contribution in [0.2, 0.25) is 0 Å². The number of aliphatic hydroxyl groups is 1. The number of carbonyl (C=O) groups excluding carboxylic acids is 2. The topological polar surface area (TPSA) is 76.1 Å². The monoisotopic (exact) mass is 375 g/mol. The van der Waals surface area contributed by atoms with Crippen LogP contribution in [0.4, 0.5) is 4.79 Å². The van der Waals surface area contributed by atoms with E-state index in [0.29, 0.717) is 18.4 Å². The SMILES string of the molecule is C=C(CC)[C@@H](O)[C@H](C)C(=O)N1C(=O)OC(C)(C)[C@@H]1Cc1ccc(OC)cc1. The highest BCUT2D eigenvalue weighted by atomic mass is 16.6.